The molecule has 2 aliphatic carbocycles. The van der Waals surface area contributed by atoms with Crippen LogP contribution in [0.25, 0.3) is 10.8 Å². The van der Waals surface area contributed by atoms with E-state index in [1.54, 1.807) is 34.3 Å². The molecule has 0 aliphatic heterocycles. The Kier molecular flexibility index (Phi) is 6.00. The molecule has 6 heteroatoms. The van der Waals surface area contributed by atoms with E-state index in [9.17, 15) is 9.59 Å². The molecular formula is C33H28O6. The highest BCUT2D eigenvalue weighted by Crippen LogP contribution is 2.62. The van der Waals surface area contributed by atoms with Crippen molar-refractivity contribution < 1.29 is 28.5 Å². The first-order valence-corrected chi connectivity index (χ1v) is 12.7. The van der Waals surface area contributed by atoms with E-state index in [2.05, 4.69) is 12.1 Å². The fourth-order valence-corrected chi connectivity index (χ4v) is 6.51. The van der Waals surface area contributed by atoms with Gasteiger partial charge in [-0.2, -0.15) is 0 Å². The lowest BCUT2D eigenvalue weighted by Gasteiger charge is -2.39. The normalized spacial score (nSPS) is 18.9. The molecule has 1 spiro atoms. The van der Waals surface area contributed by atoms with Crippen molar-refractivity contribution in [2.75, 3.05) is 28.1 Å². The minimum atomic E-state index is -0.796. The molecule has 0 N–H and O–H groups in total. The molecular weight excluding hydrogens is 492 g/mol. The first-order valence-electron chi connectivity index (χ1n) is 12.7. The average molecular weight is 521 g/mol. The number of ketones is 2. The maximum absolute atomic E-state index is 13.3. The van der Waals surface area contributed by atoms with Gasteiger partial charge in [0.05, 0.1) is 30.6 Å². The molecule has 0 bridgehead atoms. The minimum Gasteiger partial charge on any atom is -0.496 e. The summed E-state index contributed by atoms with van der Waals surface area (Å²) in [4.78, 5) is 26.3. The van der Waals surface area contributed by atoms with Gasteiger partial charge in [-0.05, 0) is 58.8 Å². The lowest BCUT2D eigenvalue weighted by molar-refractivity contribution is 0.0521. The Morgan fingerprint density at radius 3 is 2.31 bits per heavy atom. The highest BCUT2D eigenvalue weighted by molar-refractivity contribution is 6.12. The van der Waals surface area contributed by atoms with Gasteiger partial charge in [-0.1, -0.05) is 54.6 Å². The van der Waals surface area contributed by atoms with Gasteiger partial charge < -0.3 is 18.9 Å². The highest BCUT2D eigenvalue weighted by atomic mass is 16.7. The molecule has 0 heterocycles. The summed E-state index contributed by atoms with van der Waals surface area (Å²) >= 11 is 0. The van der Waals surface area contributed by atoms with Crippen LogP contribution in [0.3, 0.4) is 0 Å². The van der Waals surface area contributed by atoms with E-state index in [1.165, 1.54) is 0 Å². The van der Waals surface area contributed by atoms with Crippen LogP contribution in [0.4, 0.5) is 0 Å². The van der Waals surface area contributed by atoms with E-state index in [0.29, 0.717) is 28.4 Å². The van der Waals surface area contributed by atoms with Gasteiger partial charge in [-0.25, -0.2) is 0 Å². The maximum atomic E-state index is 13.3. The van der Waals surface area contributed by atoms with Crippen molar-refractivity contribution in [2.24, 2.45) is 0 Å². The van der Waals surface area contributed by atoms with Crippen molar-refractivity contribution in [2.45, 2.75) is 18.3 Å². The van der Waals surface area contributed by atoms with Crippen molar-refractivity contribution in [3.8, 4) is 17.2 Å². The minimum absolute atomic E-state index is 0.0210. The van der Waals surface area contributed by atoms with E-state index in [0.717, 1.165) is 33.0 Å². The molecule has 0 unspecified atom stereocenters. The van der Waals surface area contributed by atoms with E-state index >= 15 is 0 Å². The Labute approximate surface area is 226 Å². The number of carbonyl (C=O) groups excluding carboxylic acids is 2. The number of rotatable bonds is 7. The third-order valence-corrected chi connectivity index (χ3v) is 7.97. The number of hydrogen-bond donors (Lipinski definition) is 0. The standard InChI is InChI=1S/C33H28O6/c1-19(34)20-8-5-6-9-21(20)32-22-12-14-28(39-18-36-2)31-27(38-4)15-13-24(29(22)31)33(32)17-16-25(35)30-23(33)10-7-11-26(30)37-3/h5-17,32H,18H2,1-4H3/t32-,33+/m1/s1. The highest BCUT2D eigenvalue weighted by Gasteiger charge is 2.52. The van der Waals surface area contributed by atoms with Crippen LogP contribution in [0.2, 0.25) is 0 Å². The third-order valence-electron chi connectivity index (χ3n) is 7.97. The Morgan fingerprint density at radius 2 is 1.56 bits per heavy atom. The molecule has 2 aliphatic rings. The first kappa shape index (κ1) is 24.9. The molecule has 39 heavy (non-hydrogen) atoms. The van der Waals surface area contributed by atoms with Crippen LogP contribution < -0.4 is 14.2 Å². The lowest BCUT2D eigenvalue weighted by Crippen LogP contribution is -2.35. The second-order valence-electron chi connectivity index (χ2n) is 9.80. The summed E-state index contributed by atoms with van der Waals surface area (Å²) < 4.78 is 22.7. The summed E-state index contributed by atoms with van der Waals surface area (Å²) in [6, 6.07) is 21.4. The van der Waals surface area contributed by atoms with Gasteiger partial charge in [0.1, 0.15) is 17.2 Å². The van der Waals surface area contributed by atoms with Crippen molar-refractivity contribution >= 4 is 22.3 Å². The quantitative estimate of drug-likeness (QED) is 0.213. The van der Waals surface area contributed by atoms with E-state index in [1.807, 2.05) is 60.7 Å². The second-order valence-corrected chi connectivity index (χ2v) is 9.80. The Hall–Kier alpha value is -4.42. The second kappa shape index (κ2) is 9.40. The van der Waals surface area contributed by atoms with Crippen molar-refractivity contribution in [1.29, 1.82) is 0 Å². The molecule has 6 nitrogen and oxygen atoms in total. The zero-order valence-corrected chi connectivity index (χ0v) is 22.2. The van der Waals surface area contributed by atoms with E-state index in [4.69, 9.17) is 18.9 Å². The van der Waals surface area contributed by atoms with Crippen molar-refractivity contribution in [3.05, 3.63) is 112 Å². The Bertz CT molecular complexity index is 1680. The Morgan fingerprint density at radius 1 is 0.795 bits per heavy atom. The van der Waals surface area contributed by atoms with Crippen LogP contribution >= 0.6 is 0 Å². The van der Waals surface area contributed by atoms with Gasteiger partial charge in [-0.15, -0.1) is 0 Å². The molecule has 4 aromatic rings. The van der Waals surface area contributed by atoms with Crippen LogP contribution in [-0.4, -0.2) is 39.7 Å². The molecule has 0 radical (unpaired) electrons. The molecule has 6 rings (SSSR count). The van der Waals surface area contributed by atoms with Crippen LogP contribution in [0, 0.1) is 0 Å². The lowest BCUT2D eigenvalue weighted by atomic mass is 9.62. The molecule has 0 saturated carbocycles. The number of ether oxygens (including phenoxy) is 4. The molecule has 0 aromatic heterocycles. The number of fused-ring (bicyclic) bond motifs is 3. The van der Waals surface area contributed by atoms with E-state index < -0.39 is 5.41 Å². The van der Waals surface area contributed by atoms with Crippen LogP contribution in [0.1, 0.15) is 55.8 Å². The number of carbonyl (C=O) groups is 2. The van der Waals surface area contributed by atoms with Gasteiger partial charge >= 0.3 is 0 Å². The summed E-state index contributed by atoms with van der Waals surface area (Å²) in [7, 11) is 4.79. The summed E-state index contributed by atoms with van der Waals surface area (Å²) in [6.45, 7) is 1.67. The van der Waals surface area contributed by atoms with Gasteiger partial charge in [-0.3, -0.25) is 9.59 Å². The predicted molar refractivity (Wildman–Crippen MR) is 149 cm³/mol. The molecule has 0 saturated heterocycles. The largest absolute Gasteiger partial charge is 0.496 e. The fourth-order valence-electron chi connectivity index (χ4n) is 6.51. The van der Waals surface area contributed by atoms with Crippen molar-refractivity contribution in [1.82, 2.24) is 0 Å². The van der Waals surface area contributed by atoms with Gasteiger partial charge in [0.25, 0.3) is 0 Å². The van der Waals surface area contributed by atoms with E-state index in [-0.39, 0.29) is 24.3 Å². The molecule has 0 amide bonds. The molecule has 196 valence electrons. The summed E-state index contributed by atoms with van der Waals surface area (Å²) in [6.07, 6.45) is 3.63. The van der Waals surface area contributed by atoms with Gasteiger partial charge in [0.2, 0.25) is 0 Å². The number of methoxy groups -OCH3 is 3. The summed E-state index contributed by atoms with van der Waals surface area (Å²) in [5.41, 5.74) is 4.11. The zero-order valence-electron chi connectivity index (χ0n) is 22.2. The van der Waals surface area contributed by atoms with Gasteiger partial charge in [0.15, 0.2) is 18.4 Å². The predicted octanol–water partition coefficient (Wildman–Crippen LogP) is 6.23. The summed E-state index contributed by atoms with van der Waals surface area (Å²) in [5.74, 6) is 1.37. The monoisotopic (exact) mass is 520 g/mol. The summed E-state index contributed by atoms with van der Waals surface area (Å²) in [5, 5.41) is 1.79. The smallest absolute Gasteiger partial charge is 0.189 e. The molecule has 2 atom stereocenters. The number of Topliss-reactive ketones (excluding diaryl/α,β-unsaturated/α-hetero) is 1. The third kappa shape index (κ3) is 3.45. The topological polar surface area (TPSA) is 71.1 Å². The van der Waals surface area contributed by atoms with Crippen LogP contribution in [0.5, 0.6) is 17.2 Å². The first-order chi connectivity index (χ1) is 19.0. The number of benzene rings is 4. The van der Waals surface area contributed by atoms with Gasteiger partial charge in [0, 0.05) is 18.6 Å². The van der Waals surface area contributed by atoms with Crippen LogP contribution in [0.15, 0.2) is 78.9 Å². The molecule has 0 fully saturated rings. The maximum Gasteiger partial charge on any atom is 0.189 e. The van der Waals surface area contributed by atoms with Crippen LogP contribution in [-0.2, 0) is 10.2 Å². The number of hydrogen-bond acceptors (Lipinski definition) is 6. The van der Waals surface area contributed by atoms with Crippen molar-refractivity contribution in [3.63, 3.8) is 0 Å². The Balaban J connectivity index is 1.79. The number of allylic oxidation sites excluding steroid dienone is 2. The molecule has 4 aromatic carbocycles. The SMILES string of the molecule is COCOc1ccc2c3c(ccc(OC)c13)[C@@]1(C=CC(=O)c3c(OC)cccc31)[C@@H]2c1ccccc1C(C)=O. The zero-order chi connectivity index (χ0) is 27.3. The fraction of sp³-hybridized carbons (Fsp3) is 0.212. The average Bonchev–Trinajstić information content (AvgIpc) is 3.25.